The molecule has 0 aliphatic carbocycles. The van der Waals surface area contributed by atoms with Gasteiger partial charge in [0.25, 0.3) is 0 Å². The Morgan fingerprint density at radius 3 is 2.50 bits per heavy atom. The van der Waals surface area contributed by atoms with Crippen molar-refractivity contribution >= 4 is 11.6 Å². The van der Waals surface area contributed by atoms with Gasteiger partial charge in [-0.25, -0.2) is 0 Å². The lowest BCUT2D eigenvalue weighted by atomic mass is 10.1. The molecule has 1 fully saturated rings. The van der Waals surface area contributed by atoms with Gasteiger partial charge in [0.15, 0.2) is 0 Å². The van der Waals surface area contributed by atoms with Crippen LogP contribution in [0.3, 0.4) is 0 Å². The number of aryl methyl sites for hydroxylation is 1. The van der Waals surface area contributed by atoms with Gasteiger partial charge < -0.3 is 5.32 Å². The van der Waals surface area contributed by atoms with Crippen LogP contribution in [0.1, 0.15) is 30.3 Å². The Hall–Kier alpha value is -0.540. The van der Waals surface area contributed by atoms with Gasteiger partial charge in [0.05, 0.1) is 22.5 Å². The minimum absolute atomic E-state index is 0.530. The minimum Gasteiger partial charge on any atom is -0.317 e. The topological polar surface area (TPSA) is 29.9 Å². The Bertz CT molecular complexity index is 326. The van der Waals surface area contributed by atoms with Gasteiger partial charge in [-0.3, -0.25) is 4.68 Å². The van der Waals surface area contributed by atoms with Crippen molar-refractivity contribution in [3.05, 3.63) is 16.4 Å². The zero-order valence-electron chi connectivity index (χ0n) is 8.68. The standard InChI is InChI=1S/C10H16ClN3/c1-7-10(11)8(2)14(13-7)9-3-5-12-6-4-9/h9,12H,3-6H2,1-2H3. The highest BCUT2D eigenvalue weighted by Gasteiger charge is 2.19. The molecule has 1 N–H and O–H groups in total. The van der Waals surface area contributed by atoms with Gasteiger partial charge in [0.1, 0.15) is 0 Å². The van der Waals surface area contributed by atoms with Gasteiger partial charge in [-0.15, -0.1) is 0 Å². The number of nitrogens with zero attached hydrogens (tertiary/aromatic N) is 2. The molecule has 3 nitrogen and oxygen atoms in total. The van der Waals surface area contributed by atoms with E-state index in [0.717, 1.165) is 42.3 Å². The molecule has 2 heterocycles. The van der Waals surface area contributed by atoms with Gasteiger partial charge in [-0.05, 0) is 39.8 Å². The maximum atomic E-state index is 6.12. The maximum Gasteiger partial charge on any atom is 0.0844 e. The fourth-order valence-electron chi connectivity index (χ4n) is 2.05. The van der Waals surface area contributed by atoms with Crippen LogP contribution in [0.15, 0.2) is 0 Å². The van der Waals surface area contributed by atoms with E-state index in [-0.39, 0.29) is 0 Å². The molecular formula is C10H16ClN3. The van der Waals surface area contributed by atoms with E-state index >= 15 is 0 Å². The van der Waals surface area contributed by atoms with Crippen LogP contribution < -0.4 is 5.32 Å². The number of rotatable bonds is 1. The summed E-state index contributed by atoms with van der Waals surface area (Å²) in [7, 11) is 0. The zero-order chi connectivity index (χ0) is 10.1. The fourth-order valence-corrected chi connectivity index (χ4v) is 2.17. The second kappa shape index (κ2) is 3.91. The molecular weight excluding hydrogens is 198 g/mol. The van der Waals surface area contributed by atoms with E-state index in [9.17, 15) is 0 Å². The molecule has 0 unspecified atom stereocenters. The molecule has 2 rings (SSSR count). The van der Waals surface area contributed by atoms with Crippen molar-refractivity contribution in [3.63, 3.8) is 0 Å². The summed E-state index contributed by atoms with van der Waals surface area (Å²) in [6.07, 6.45) is 2.30. The molecule has 0 spiro atoms. The molecule has 1 aromatic heterocycles. The third kappa shape index (κ3) is 1.66. The van der Waals surface area contributed by atoms with Crippen LogP contribution in [0.4, 0.5) is 0 Å². The predicted octanol–water partition coefficient (Wildman–Crippen LogP) is 2.08. The molecule has 0 atom stereocenters. The summed E-state index contributed by atoms with van der Waals surface area (Å²) in [4.78, 5) is 0. The highest BCUT2D eigenvalue weighted by Crippen LogP contribution is 2.26. The van der Waals surface area contributed by atoms with E-state index in [1.54, 1.807) is 0 Å². The lowest BCUT2D eigenvalue weighted by Gasteiger charge is -2.24. The monoisotopic (exact) mass is 213 g/mol. The summed E-state index contributed by atoms with van der Waals surface area (Å²) in [5, 5.41) is 8.66. The van der Waals surface area contributed by atoms with Gasteiger partial charge in [-0.2, -0.15) is 5.10 Å². The van der Waals surface area contributed by atoms with E-state index in [4.69, 9.17) is 11.6 Å². The molecule has 1 saturated heterocycles. The fraction of sp³-hybridized carbons (Fsp3) is 0.700. The first kappa shape index (κ1) is 9.99. The average molecular weight is 214 g/mol. The van der Waals surface area contributed by atoms with E-state index in [1.807, 2.05) is 13.8 Å². The van der Waals surface area contributed by atoms with Gasteiger partial charge in [0.2, 0.25) is 0 Å². The molecule has 0 radical (unpaired) electrons. The normalized spacial score (nSPS) is 18.8. The number of aromatic nitrogens is 2. The second-order valence-electron chi connectivity index (χ2n) is 3.91. The first-order chi connectivity index (χ1) is 6.70. The molecule has 78 valence electrons. The van der Waals surface area contributed by atoms with E-state index < -0.39 is 0 Å². The summed E-state index contributed by atoms with van der Waals surface area (Å²) >= 11 is 6.12. The maximum absolute atomic E-state index is 6.12. The van der Waals surface area contributed by atoms with Crippen molar-refractivity contribution < 1.29 is 0 Å². The first-order valence-corrected chi connectivity index (χ1v) is 5.50. The zero-order valence-corrected chi connectivity index (χ0v) is 9.43. The van der Waals surface area contributed by atoms with Crippen LogP contribution in [0.2, 0.25) is 5.02 Å². The molecule has 0 bridgehead atoms. The Morgan fingerprint density at radius 2 is 2.00 bits per heavy atom. The highest BCUT2D eigenvalue weighted by atomic mass is 35.5. The molecule has 4 heteroatoms. The van der Waals surface area contributed by atoms with Crippen molar-refractivity contribution in [2.24, 2.45) is 0 Å². The Kier molecular flexibility index (Phi) is 2.79. The number of hydrogen-bond acceptors (Lipinski definition) is 2. The lowest BCUT2D eigenvalue weighted by molar-refractivity contribution is 0.337. The molecule has 0 aromatic carbocycles. The predicted molar refractivity (Wildman–Crippen MR) is 57.9 cm³/mol. The number of hydrogen-bond donors (Lipinski definition) is 1. The smallest absolute Gasteiger partial charge is 0.0844 e. The van der Waals surface area contributed by atoms with Crippen LogP contribution in [-0.4, -0.2) is 22.9 Å². The van der Waals surface area contributed by atoms with Gasteiger partial charge in [0, 0.05) is 0 Å². The largest absolute Gasteiger partial charge is 0.317 e. The third-order valence-corrected chi connectivity index (χ3v) is 3.44. The van der Waals surface area contributed by atoms with Crippen molar-refractivity contribution in [1.82, 2.24) is 15.1 Å². The van der Waals surface area contributed by atoms with Gasteiger partial charge >= 0.3 is 0 Å². The van der Waals surface area contributed by atoms with Crippen LogP contribution in [0.5, 0.6) is 0 Å². The van der Waals surface area contributed by atoms with Crippen LogP contribution in [-0.2, 0) is 0 Å². The lowest BCUT2D eigenvalue weighted by Crippen LogP contribution is -2.30. The molecule has 0 saturated carbocycles. The molecule has 0 amide bonds. The first-order valence-electron chi connectivity index (χ1n) is 5.12. The molecule has 1 aliphatic rings. The number of halogens is 1. The van der Waals surface area contributed by atoms with Crippen LogP contribution in [0.25, 0.3) is 0 Å². The average Bonchev–Trinajstić information content (AvgIpc) is 2.47. The summed E-state index contributed by atoms with van der Waals surface area (Å²) in [6, 6.07) is 0.530. The number of piperidine rings is 1. The Labute approximate surface area is 89.4 Å². The quantitative estimate of drug-likeness (QED) is 0.774. The van der Waals surface area contributed by atoms with Crippen LogP contribution in [0, 0.1) is 13.8 Å². The van der Waals surface area contributed by atoms with E-state index in [1.165, 1.54) is 0 Å². The van der Waals surface area contributed by atoms with E-state index in [2.05, 4.69) is 15.1 Å². The summed E-state index contributed by atoms with van der Waals surface area (Å²) in [5.41, 5.74) is 2.05. The van der Waals surface area contributed by atoms with Gasteiger partial charge in [-0.1, -0.05) is 11.6 Å². The Balaban J connectivity index is 2.26. The molecule has 1 aromatic rings. The van der Waals surface area contributed by atoms with Crippen molar-refractivity contribution in [2.45, 2.75) is 32.7 Å². The van der Waals surface area contributed by atoms with Crippen molar-refractivity contribution in [3.8, 4) is 0 Å². The second-order valence-corrected chi connectivity index (χ2v) is 4.29. The van der Waals surface area contributed by atoms with Crippen molar-refractivity contribution in [1.29, 1.82) is 0 Å². The molecule has 1 aliphatic heterocycles. The summed E-state index contributed by atoms with van der Waals surface area (Å²) in [5.74, 6) is 0. The third-order valence-electron chi connectivity index (χ3n) is 2.89. The number of nitrogens with one attached hydrogen (secondary N) is 1. The van der Waals surface area contributed by atoms with Crippen LogP contribution >= 0.6 is 11.6 Å². The SMILES string of the molecule is Cc1nn(C2CCNCC2)c(C)c1Cl. The van der Waals surface area contributed by atoms with E-state index in [0.29, 0.717) is 6.04 Å². The van der Waals surface area contributed by atoms with Crippen molar-refractivity contribution in [2.75, 3.05) is 13.1 Å². The summed E-state index contributed by atoms with van der Waals surface area (Å²) in [6.45, 7) is 6.18. The highest BCUT2D eigenvalue weighted by molar-refractivity contribution is 6.31. The molecule has 14 heavy (non-hydrogen) atoms. The minimum atomic E-state index is 0.530. The Morgan fingerprint density at radius 1 is 1.36 bits per heavy atom. The summed E-state index contributed by atoms with van der Waals surface area (Å²) < 4.78 is 2.10.